The molecular weight excluding hydrogens is 248 g/mol. The molecule has 0 heterocycles. The van der Waals surface area contributed by atoms with E-state index in [1.807, 2.05) is 0 Å². The van der Waals surface area contributed by atoms with Gasteiger partial charge in [-0.05, 0) is 72.6 Å². The van der Waals surface area contributed by atoms with E-state index in [2.05, 4.69) is 19.9 Å². The molecule has 20 heavy (non-hydrogen) atoms. The van der Waals surface area contributed by atoms with Crippen LogP contribution in [0, 0.1) is 11.8 Å². The molecule has 106 valence electrons. The van der Waals surface area contributed by atoms with Gasteiger partial charge in [-0.15, -0.1) is 0 Å². The lowest BCUT2D eigenvalue weighted by Crippen LogP contribution is -2.23. The van der Waals surface area contributed by atoms with Crippen molar-refractivity contribution in [3.05, 3.63) is 33.9 Å². The van der Waals surface area contributed by atoms with Crippen LogP contribution in [-0.2, 0) is 30.5 Å². The molecule has 1 aromatic carbocycles. The third-order valence-electron chi connectivity index (χ3n) is 4.99. The van der Waals surface area contributed by atoms with E-state index in [0.717, 1.165) is 44.1 Å². The normalized spacial score (nSPS) is 24.7. The fourth-order valence-corrected chi connectivity index (χ4v) is 3.92. The van der Waals surface area contributed by atoms with E-state index in [0.29, 0.717) is 18.1 Å². The largest absolute Gasteiger partial charge is 0.294 e. The van der Waals surface area contributed by atoms with Crippen LogP contribution in [0.15, 0.2) is 6.07 Å². The van der Waals surface area contributed by atoms with Crippen LogP contribution in [-0.4, -0.2) is 12.1 Å². The van der Waals surface area contributed by atoms with E-state index >= 15 is 0 Å². The maximum absolute atomic E-state index is 12.2. The lowest BCUT2D eigenvalue weighted by molar-refractivity contribution is -0.104. The summed E-state index contributed by atoms with van der Waals surface area (Å²) in [4.78, 5) is 23.2. The number of fused-ring (bicyclic) bond motifs is 2. The Hall–Kier alpha value is -1.44. The molecule has 0 spiro atoms. The van der Waals surface area contributed by atoms with Crippen LogP contribution >= 0.6 is 0 Å². The van der Waals surface area contributed by atoms with Crippen molar-refractivity contribution >= 4 is 12.1 Å². The molecule has 0 amide bonds. The molecule has 2 aliphatic rings. The molecule has 2 atom stereocenters. The molecule has 1 aromatic rings. The van der Waals surface area contributed by atoms with Gasteiger partial charge in [0.1, 0.15) is 0 Å². The molecular formula is C18H22O2. The van der Waals surface area contributed by atoms with Crippen LogP contribution in [0.4, 0.5) is 0 Å². The fourth-order valence-electron chi connectivity index (χ4n) is 3.92. The summed E-state index contributed by atoms with van der Waals surface area (Å²) >= 11 is 0. The molecule has 0 aromatic heterocycles. The van der Waals surface area contributed by atoms with E-state index in [4.69, 9.17) is 0 Å². The van der Waals surface area contributed by atoms with Gasteiger partial charge in [0.2, 0.25) is 5.78 Å². The molecule has 2 unspecified atom stereocenters. The zero-order chi connectivity index (χ0) is 14.3. The highest BCUT2D eigenvalue weighted by molar-refractivity contribution is 6.34. The van der Waals surface area contributed by atoms with Gasteiger partial charge in [0.25, 0.3) is 0 Å². The lowest BCUT2D eigenvalue weighted by atomic mass is 9.74. The molecule has 0 saturated heterocycles. The summed E-state index contributed by atoms with van der Waals surface area (Å²) in [6.07, 6.45) is 6.77. The Labute approximate surface area is 120 Å². The van der Waals surface area contributed by atoms with Crippen LogP contribution in [0.5, 0.6) is 0 Å². The quantitative estimate of drug-likeness (QED) is 0.469. The zero-order valence-corrected chi connectivity index (χ0v) is 12.4. The van der Waals surface area contributed by atoms with E-state index in [9.17, 15) is 9.59 Å². The Morgan fingerprint density at radius 1 is 1.05 bits per heavy atom. The van der Waals surface area contributed by atoms with Crippen molar-refractivity contribution in [2.24, 2.45) is 11.8 Å². The predicted octanol–water partition coefficient (Wildman–Crippen LogP) is 3.32. The number of benzene rings is 1. The van der Waals surface area contributed by atoms with Gasteiger partial charge in [-0.3, -0.25) is 9.59 Å². The van der Waals surface area contributed by atoms with Gasteiger partial charge in [0.15, 0.2) is 6.29 Å². The van der Waals surface area contributed by atoms with Crippen LogP contribution in [0.3, 0.4) is 0 Å². The van der Waals surface area contributed by atoms with Gasteiger partial charge in [-0.25, -0.2) is 0 Å². The maximum Gasteiger partial charge on any atom is 0.225 e. The Kier molecular flexibility index (Phi) is 3.49. The molecule has 2 heteroatoms. The maximum atomic E-state index is 12.2. The third kappa shape index (κ3) is 2.21. The molecule has 3 rings (SSSR count). The molecule has 0 aliphatic heterocycles. The van der Waals surface area contributed by atoms with Crippen molar-refractivity contribution in [2.75, 3.05) is 0 Å². The highest BCUT2D eigenvalue weighted by Crippen LogP contribution is 2.36. The van der Waals surface area contributed by atoms with Gasteiger partial charge in [-0.2, -0.15) is 0 Å². The number of ketones is 1. The van der Waals surface area contributed by atoms with Crippen molar-refractivity contribution in [1.82, 2.24) is 0 Å². The second-order valence-corrected chi connectivity index (χ2v) is 6.70. The topological polar surface area (TPSA) is 34.1 Å². The summed E-state index contributed by atoms with van der Waals surface area (Å²) < 4.78 is 0. The summed E-state index contributed by atoms with van der Waals surface area (Å²) in [7, 11) is 0. The number of aldehydes is 1. The van der Waals surface area contributed by atoms with Crippen LogP contribution in [0.1, 0.15) is 59.3 Å². The van der Waals surface area contributed by atoms with E-state index in [1.165, 1.54) is 22.3 Å². The van der Waals surface area contributed by atoms with Crippen LogP contribution in [0.25, 0.3) is 0 Å². The van der Waals surface area contributed by atoms with Crippen molar-refractivity contribution in [3.8, 4) is 0 Å². The van der Waals surface area contributed by atoms with Crippen molar-refractivity contribution in [2.45, 2.75) is 52.4 Å². The summed E-state index contributed by atoms with van der Waals surface area (Å²) in [5.74, 6) is 1.06. The third-order valence-corrected chi connectivity index (χ3v) is 4.99. The van der Waals surface area contributed by atoms with E-state index in [1.54, 1.807) is 0 Å². The van der Waals surface area contributed by atoms with Gasteiger partial charge < -0.3 is 0 Å². The number of rotatable bonds is 2. The molecule has 2 nitrogen and oxygen atoms in total. The highest BCUT2D eigenvalue weighted by atomic mass is 16.2. The molecule has 0 fully saturated rings. The Morgan fingerprint density at radius 2 is 1.55 bits per heavy atom. The van der Waals surface area contributed by atoms with Crippen LogP contribution < -0.4 is 0 Å². The minimum Gasteiger partial charge on any atom is -0.294 e. The first-order valence-corrected chi connectivity index (χ1v) is 7.76. The number of carbonyl (C=O) groups excluding carboxylic acids is 2. The number of hydrogen-bond donors (Lipinski definition) is 0. The van der Waals surface area contributed by atoms with Gasteiger partial charge in [0.05, 0.1) is 0 Å². The molecule has 0 saturated carbocycles. The Bertz CT molecular complexity index is 533. The second-order valence-electron chi connectivity index (χ2n) is 6.70. The van der Waals surface area contributed by atoms with Gasteiger partial charge in [0, 0.05) is 5.56 Å². The summed E-state index contributed by atoms with van der Waals surface area (Å²) in [5.41, 5.74) is 5.76. The highest BCUT2D eigenvalue weighted by Gasteiger charge is 2.28. The van der Waals surface area contributed by atoms with E-state index < -0.39 is 0 Å². The van der Waals surface area contributed by atoms with Crippen molar-refractivity contribution in [1.29, 1.82) is 0 Å². The molecule has 0 N–H and O–H groups in total. The number of carbonyl (C=O) groups is 2. The average Bonchev–Trinajstić information content (AvgIpc) is 2.43. The van der Waals surface area contributed by atoms with Gasteiger partial charge in [-0.1, -0.05) is 19.9 Å². The first-order chi connectivity index (χ1) is 9.60. The second kappa shape index (κ2) is 5.16. The Balaban J connectivity index is 2.19. The Morgan fingerprint density at radius 3 is 2.00 bits per heavy atom. The summed E-state index contributed by atoms with van der Waals surface area (Å²) in [6.45, 7) is 4.54. The summed E-state index contributed by atoms with van der Waals surface area (Å²) in [5, 5.41) is 0. The smallest absolute Gasteiger partial charge is 0.225 e. The van der Waals surface area contributed by atoms with Crippen molar-refractivity contribution < 1.29 is 9.59 Å². The standard InChI is InChI=1S/C18H22O2/c1-11-3-5-15-13(7-11)9-14-8-12(2)4-6-16(14)18(15)17(20)10-19/h9-12H,3-8H2,1-2H3. The zero-order valence-electron chi connectivity index (χ0n) is 12.4. The number of hydrogen-bond acceptors (Lipinski definition) is 2. The number of Topliss-reactive ketones (excluding diaryl/α,β-unsaturated/α-hetero) is 1. The first kappa shape index (κ1) is 13.5. The molecule has 0 radical (unpaired) electrons. The van der Waals surface area contributed by atoms with Gasteiger partial charge >= 0.3 is 0 Å². The summed E-state index contributed by atoms with van der Waals surface area (Å²) in [6, 6.07) is 2.33. The van der Waals surface area contributed by atoms with E-state index in [-0.39, 0.29) is 5.78 Å². The predicted molar refractivity (Wildman–Crippen MR) is 79.2 cm³/mol. The monoisotopic (exact) mass is 270 g/mol. The first-order valence-electron chi connectivity index (χ1n) is 7.76. The van der Waals surface area contributed by atoms with Crippen LogP contribution in [0.2, 0.25) is 0 Å². The minimum absolute atomic E-state index is 0.304. The van der Waals surface area contributed by atoms with Crippen molar-refractivity contribution in [3.63, 3.8) is 0 Å². The minimum atomic E-state index is -0.304. The fraction of sp³-hybridized carbons (Fsp3) is 0.556. The lowest BCUT2D eigenvalue weighted by Gasteiger charge is -2.30. The molecule has 2 aliphatic carbocycles. The SMILES string of the molecule is CC1CCc2c(cc3c(c2C(=O)C=O)CCC(C)C3)C1. The average molecular weight is 270 g/mol. The molecule has 0 bridgehead atoms.